The summed E-state index contributed by atoms with van der Waals surface area (Å²) < 4.78 is 29.1. The first-order chi connectivity index (χ1) is 10.7. The van der Waals surface area contributed by atoms with Crippen molar-refractivity contribution in [3.63, 3.8) is 0 Å². The largest absolute Gasteiger partial charge is 0.387 e. The van der Waals surface area contributed by atoms with Crippen molar-refractivity contribution in [1.29, 1.82) is 0 Å². The van der Waals surface area contributed by atoms with E-state index in [2.05, 4.69) is 5.10 Å². The van der Waals surface area contributed by atoms with Crippen LogP contribution in [0.3, 0.4) is 0 Å². The summed E-state index contributed by atoms with van der Waals surface area (Å²) in [5.41, 5.74) is 0.816. The van der Waals surface area contributed by atoms with Gasteiger partial charge in [0.05, 0.1) is 11.3 Å². The molecule has 1 aromatic heterocycles. The third-order valence-corrected chi connectivity index (χ3v) is 6.74. The van der Waals surface area contributed by atoms with Crippen LogP contribution in [-0.2, 0) is 29.9 Å². The average Bonchev–Trinajstić information content (AvgIpc) is 2.98. The van der Waals surface area contributed by atoms with Crippen molar-refractivity contribution in [2.75, 3.05) is 33.7 Å². The zero-order valence-electron chi connectivity index (χ0n) is 14.1. The fraction of sp³-hybridized carbons (Fsp3) is 0.800. The average molecular weight is 342 g/mol. The van der Waals surface area contributed by atoms with Gasteiger partial charge in [-0.25, -0.2) is 8.42 Å². The van der Waals surface area contributed by atoms with Gasteiger partial charge in [-0.1, -0.05) is 0 Å². The van der Waals surface area contributed by atoms with E-state index in [0.717, 1.165) is 36.9 Å². The fourth-order valence-electron chi connectivity index (χ4n) is 3.84. The minimum atomic E-state index is -3.62. The van der Waals surface area contributed by atoms with Gasteiger partial charge in [-0.2, -0.15) is 9.40 Å². The summed E-state index contributed by atoms with van der Waals surface area (Å²) in [6, 6.07) is 0. The second-order valence-electron chi connectivity index (χ2n) is 7.11. The van der Waals surface area contributed by atoms with Crippen molar-refractivity contribution in [3.05, 3.63) is 11.3 Å². The molecule has 0 aromatic carbocycles. The maximum atomic E-state index is 13.1. The predicted octanol–water partition coefficient (Wildman–Crippen LogP) is -0.0140. The minimum Gasteiger partial charge on any atom is -0.387 e. The Morgan fingerprint density at radius 3 is 2.70 bits per heavy atom. The number of likely N-dealkylation sites (N-methyl/N-ethyl adjacent to an activating group) is 1. The van der Waals surface area contributed by atoms with Gasteiger partial charge in [-0.05, 0) is 46.2 Å². The van der Waals surface area contributed by atoms with Crippen molar-refractivity contribution in [1.82, 2.24) is 19.0 Å². The predicted molar refractivity (Wildman–Crippen MR) is 86.7 cm³/mol. The van der Waals surface area contributed by atoms with Gasteiger partial charge >= 0.3 is 0 Å². The lowest BCUT2D eigenvalue weighted by Crippen LogP contribution is -2.43. The van der Waals surface area contributed by atoms with Gasteiger partial charge in [0.1, 0.15) is 0 Å². The van der Waals surface area contributed by atoms with Crippen LogP contribution in [0.25, 0.3) is 0 Å². The Morgan fingerprint density at radius 2 is 2.00 bits per heavy atom. The number of hydrogen-bond acceptors (Lipinski definition) is 5. The van der Waals surface area contributed by atoms with Gasteiger partial charge in [0.25, 0.3) is 10.0 Å². The number of hydrogen-bond donors (Lipinski definition) is 1. The maximum absolute atomic E-state index is 13.1. The molecule has 0 spiro atoms. The Hall–Kier alpha value is -0.960. The highest BCUT2D eigenvalue weighted by Crippen LogP contribution is 2.32. The number of β-amino-alcohol motifs (C(OH)–C–C–N with tert-alkyl or cyclic N) is 1. The number of aryl methyl sites for hydroxylation is 2. The van der Waals surface area contributed by atoms with Gasteiger partial charge < -0.3 is 10.0 Å². The second-order valence-corrected chi connectivity index (χ2v) is 8.97. The molecule has 1 atom stereocenters. The molecular weight excluding hydrogens is 316 g/mol. The van der Waals surface area contributed by atoms with Crippen LogP contribution in [0.15, 0.2) is 5.03 Å². The monoisotopic (exact) mass is 342 g/mol. The molecule has 1 aliphatic carbocycles. The van der Waals surface area contributed by atoms with Crippen molar-refractivity contribution < 1.29 is 13.5 Å². The van der Waals surface area contributed by atoms with E-state index in [1.807, 2.05) is 19.0 Å². The molecule has 0 bridgehead atoms. The second kappa shape index (κ2) is 5.84. The fourth-order valence-corrected chi connectivity index (χ4v) is 5.73. The topological polar surface area (TPSA) is 78.7 Å². The molecule has 1 unspecified atom stereocenters. The molecule has 3 rings (SSSR count). The summed E-state index contributed by atoms with van der Waals surface area (Å²) in [4.78, 5) is 1.89. The van der Waals surface area contributed by atoms with Crippen LogP contribution in [0, 0.1) is 0 Å². The van der Waals surface area contributed by atoms with Gasteiger partial charge in [0, 0.05) is 32.2 Å². The van der Waals surface area contributed by atoms with Gasteiger partial charge in [-0.3, -0.25) is 4.68 Å². The van der Waals surface area contributed by atoms with Crippen molar-refractivity contribution in [2.24, 2.45) is 7.05 Å². The Balaban J connectivity index is 1.90. The normalized spacial score (nSPS) is 26.0. The number of aliphatic hydroxyl groups is 1. The van der Waals surface area contributed by atoms with Crippen LogP contribution in [0.1, 0.15) is 30.5 Å². The molecule has 1 N–H and O–H groups in total. The van der Waals surface area contributed by atoms with Gasteiger partial charge in [0.15, 0.2) is 5.03 Å². The van der Waals surface area contributed by atoms with E-state index < -0.39 is 15.6 Å². The maximum Gasteiger partial charge on any atom is 0.260 e. The van der Waals surface area contributed by atoms with E-state index in [9.17, 15) is 13.5 Å². The zero-order valence-corrected chi connectivity index (χ0v) is 14.9. The molecule has 130 valence electrons. The molecular formula is C15H26N4O3S. The molecule has 23 heavy (non-hydrogen) atoms. The highest BCUT2D eigenvalue weighted by molar-refractivity contribution is 7.89. The number of rotatable bonds is 4. The quantitative estimate of drug-likeness (QED) is 0.832. The standard InChI is InChI=1S/C15H26N4O3S/c1-17(2)10-15(20)8-9-19(11-15)23(21,22)14-12-6-4-5-7-13(12)16-18(14)3/h20H,4-11H2,1-3H3. The van der Waals surface area contributed by atoms with E-state index in [0.29, 0.717) is 24.5 Å². The number of sulfonamides is 1. The van der Waals surface area contributed by atoms with Crippen LogP contribution in [0.2, 0.25) is 0 Å². The molecule has 0 radical (unpaired) electrons. The summed E-state index contributed by atoms with van der Waals surface area (Å²) in [5, 5.41) is 15.4. The SMILES string of the molecule is CN(C)CC1(O)CCN(S(=O)(=O)c2c3c(nn2C)CCCC3)C1. The number of nitrogens with zero attached hydrogens (tertiary/aromatic N) is 4. The van der Waals surface area contributed by atoms with Crippen molar-refractivity contribution in [3.8, 4) is 0 Å². The molecule has 1 aromatic rings. The highest BCUT2D eigenvalue weighted by atomic mass is 32.2. The lowest BCUT2D eigenvalue weighted by Gasteiger charge is -2.26. The van der Waals surface area contributed by atoms with Gasteiger partial charge in [-0.15, -0.1) is 0 Å². The summed E-state index contributed by atoms with van der Waals surface area (Å²) in [5.74, 6) is 0. The van der Waals surface area contributed by atoms with Crippen LogP contribution >= 0.6 is 0 Å². The minimum absolute atomic E-state index is 0.146. The molecule has 1 saturated heterocycles. The van der Waals surface area contributed by atoms with E-state index in [1.165, 1.54) is 8.99 Å². The van der Waals surface area contributed by atoms with Crippen LogP contribution in [-0.4, -0.2) is 71.8 Å². The first-order valence-corrected chi connectivity index (χ1v) is 9.59. The Bertz CT molecular complexity index is 698. The van der Waals surface area contributed by atoms with Crippen molar-refractivity contribution in [2.45, 2.75) is 42.7 Å². The van der Waals surface area contributed by atoms with E-state index in [1.54, 1.807) is 7.05 Å². The van der Waals surface area contributed by atoms with Crippen LogP contribution in [0.4, 0.5) is 0 Å². The number of aromatic nitrogens is 2. The zero-order chi connectivity index (χ0) is 16.8. The van der Waals surface area contributed by atoms with Crippen LogP contribution < -0.4 is 0 Å². The summed E-state index contributed by atoms with van der Waals surface area (Å²) in [6.07, 6.45) is 4.16. The summed E-state index contributed by atoms with van der Waals surface area (Å²) in [6.45, 7) is 0.961. The third kappa shape index (κ3) is 3.05. The van der Waals surface area contributed by atoms with Gasteiger partial charge in [0.2, 0.25) is 0 Å². The molecule has 0 amide bonds. The molecule has 2 heterocycles. The lowest BCUT2D eigenvalue weighted by atomic mass is 9.99. The first kappa shape index (κ1) is 16.9. The molecule has 7 nitrogen and oxygen atoms in total. The molecule has 1 fully saturated rings. The molecule has 0 saturated carbocycles. The van der Waals surface area contributed by atoms with E-state index in [4.69, 9.17) is 0 Å². The lowest BCUT2D eigenvalue weighted by molar-refractivity contribution is 0.0302. The smallest absolute Gasteiger partial charge is 0.260 e. The Labute approximate surface area is 137 Å². The Kier molecular flexibility index (Phi) is 4.29. The van der Waals surface area contributed by atoms with Crippen LogP contribution in [0.5, 0.6) is 0 Å². The summed E-state index contributed by atoms with van der Waals surface area (Å²) >= 11 is 0. The van der Waals surface area contributed by atoms with Crippen molar-refractivity contribution >= 4 is 10.0 Å². The molecule has 2 aliphatic rings. The Morgan fingerprint density at radius 1 is 1.30 bits per heavy atom. The highest BCUT2D eigenvalue weighted by Gasteiger charge is 2.44. The number of fused-ring (bicyclic) bond motifs is 1. The van der Waals surface area contributed by atoms with E-state index >= 15 is 0 Å². The first-order valence-electron chi connectivity index (χ1n) is 8.15. The third-order valence-electron chi connectivity index (χ3n) is 4.75. The summed E-state index contributed by atoms with van der Waals surface area (Å²) in [7, 11) is 1.85. The molecule has 8 heteroatoms. The molecule has 1 aliphatic heterocycles. The van der Waals surface area contributed by atoms with E-state index in [-0.39, 0.29) is 6.54 Å².